The summed E-state index contributed by atoms with van der Waals surface area (Å²) in [6.07, 6.45) is 0.976. The Morgan fingerprint density at radius 3 is 2.44 bits per heavy atom. The van der Waals surface area contributed by atoms with Gasteiger partial charge in [-0.1, -0.05) is 34.8 Å². The number of ether oxygens (including phenoxy) is 2. The summed E-state index contributed by atoms with van der Waals surface area (Å²) in [6.45, 7) is 2.91. The highest BCUT2D eigenvalue weighted by molar-refractivity contribution is 6.43. The van der Waals surface area contributed by atoms with Gasteiger partial charge in [-0.05, 0) is 19.0 Å². The molecule has 3 nitrogen and oxygen atoms in total. The fourth-order valence-electron chi connectivity index (χ4n) is 1.31. The molecule has 0 spiro atoms. The largest absolute Gasteiger partial charge is 0.491 e. The molecule has 0 amide bonds. The van der Waals surface area contributed by atoms with Crippen LogP contribution in [0, 0.1) is 0 Å². The van der Waals surface area contributed by atoms with E-state index in [1.807, 2.05) is 0 Å². The molecular weight excluding hydrogens is 296 g/mol. The third-order valence-corrected chi connectivity index (χ3v) is 3.23. The summed E-state index contributed by atoms with van der Waals surface area (Å²) in [5, 5.41) is 4.55. The van der Waals surface area contributed by atoms with E-state index in [4.69, 9.17) is 44.3 Å². The van der Waals surface area contributed by atoms with Crippen molar-refractivity contribution in [3.63, 3.8) is 0 Å². The van der Waals surface area contributed by atoms with E-state index >= 15 is 0 Å². The molecule has 0 aliphatic rings. The Morgan fingerprint density at radius 1 is 1.00 bits per heavy atom. The number of hydrogen-bond acceptors (Lipinski definition) is 3. The number of rotatable bonds is 8. The number of nitrogens with one attached hydrogen (secondary N) is 1. The Kier molecular flexibility index (Phi) is 7.79. The van der Waals surface area contributed by atoms with Crippen molar-refractivity contribution in [2.24, 2.45) is 0 Å². The van der Waals surface area contributed by atoms with E-state index in [0.717, 1.165) is 26.1 Å². The van der Waals surface area contributed by atoms with Crippen LogP contribution in [-0.2, 0) is 4.74 Å². The molecule has 0 aliphatic heterocycles. The zero-order valence-electron chi connectivity index (χ0n) is 10.1. The zero-order chi connectivity index (χ0) is 13.4. The van der Waals surface area contributed by atoms with E-state index in [-0.39, 0.29) is 0 Å². The summed E-state index contributed by atoms with van der Waals surface area (Å²) in [5.41, 5.74) is 0. The Balaban J connectivity index is 2.25. The fraction of sp³-hybridized carbons (Fsp3) is 0.500. The quantitative estimate of drug-likeness (QED) is 0.587. The SMILES string of the molecule is COCCCNCCOc1cc(Cl)c(Cl)cc1Cl. The molecule has 0 heterocycles. The average molecular weight is 313 g/mol. The van der Waals surface area contributed by atoms with Crippen molar-refractivity contribution >= 4 is 34.8 Å². The first-order chi connectivity index (χ1) is 8.65. The number of methoxy groups -OCH3 is 1. The van der Waals surface area contributed by atoms with Crippen LogP contribution < -0.4 is 10.1 Å². The van der Waals surface area contributed by atoms with Gasteiger partial charge in [-0.25, -0.2) is 0 Å². The van der Waals surface area contributed by atoms with Gasteiger partial charge in [0.1, 0.15) is 12.4 Å². The summed E-state index contributed by atoms with van der Waals surface area (Å²) < 4.78 is 10.5. The van der Waals surface area contributed by atoms with Crippen LogP contribution in [0.2, 0.25) is 15.1 Å². The lowest BCUT2D eigenvalue weighted by molar-refractivity contribution is 0.193. The molecule has 0 saturated heterocycles. The monoisotopic (exact) mass is 311 g/mol. The molecule has 1 rings (SSSR count). The van der Waals surface area contributed by atoms with Crippen LogP contribution in [0.25, 0.3) is 0 Å². The molecule has 0 atom stereocenters. The van der Waals surface area contributed by atoms with Gasteiger partial charge < -0.3 is 14.8 Å². The van der Waals surface area contributed by atoms with Crippen molar-refractivity contribution in [3.05, 3.63) is 27.2 Å². The molecule has 102 valence electrons. The Hall–Kier alpha value is -0.190. The summed E-state index contributed by atoms with van der Waals surface area (Å²) in [5.74, 6) is 0.546. The average Bonchev–Trinajstić information content (AvgIpc) is 2.34. The Morgan fingerprint density at radius 2 is 1.72 bits per heavy atom. The van der Waals surface area contributed by atoms with Crippen LogP contribution in [0.3, 0.4) is 0 Å². The highest BCUT2D eigenvalue weighted by Gasteiger charge is 2.06. The van der Waals surface area contributed by atoms with Crippen LogP contribution in [0.4, 0.5) is 0 Å². The normalized spacial score (nSPS) is 10.7. The predicted octanol–water partition coefficient (Wildman–Crippen LogP) is 3.65. The maximum atomic E-state index is 5.98. The van der Waals surface area contributed by atoms with Crippen LogP contribution >= 0.6 is 34.8 Å². The molecule has 18 heavy (non-hydrogen) atoms. The van der Waals surface area contributed by atoms with Crippen LogP contribution in [0.5, 0.6) is 5.75 Å². The van der Waals surface area contributed by atoms with E-state index in [1.165, 1.54) is 0 Å². The lowest BCUT2D eigenvalue weighted by Crippen LogP contribution is -2.22. The van der Waals surface area contributed by atoms with Gasteiger partial charge in [0.2, 0.25) is 0 Å². The van der Waals surface area contributed by atoms with Crippen molar-refractivity contribution in [1.29, 1.82) is 0 Å². The molecule has 0 unspecified atom stereocenters. The minimum atomic E-state index is 0.423. The first-order valence-corrected chi connectivity index (χ1v) is 6.75. The maximum Gasteiger partial charge on any atom is 0.139 e. The Labute approximate surface area is 122 Å². The molecule has 0 bridgehead atoms. The summed E-state index contributed by atoms with van der Waals surface area (Å²) in [7, 11) is 1.69. The predicted molar refractivity (Wildman–Crippen MR) is 76.3 cm³/mol. The second-order valence-corrected chi connectivity index (χ2v) is 4.86. The fourth-order valence-corrected chi connectivity index (χ4v) is 1.91. The van der Waals surface area contributed by atoms with Crippen LogP contribution in [0.15, 0.2) is 12.1 Å². The Bertz CT molecular complexity index is 375. The van der Waals surface area contributed by atoms with Gasteiger partial charge >= 0.3 is 0 Å². The summed E-state index contributed by atoms with van der Waals surface area (Å²) >= 11 is 17.7. The van der Waals surface area contributed by atoms with E-state index < -0.39 is 0 Å². The first-order valence-electron chi connectivity index (χ1n) is 5.62. The molecule has 0 aliphatic carbocycles. The van der Waals surface area contributed by atoms with E-state index in [0.29, 0.717) is 27.4 Å². The second kappa shape index (κ2) is 8.83. The van der Waals surface area contributed by atoms with Gasteiger partial charge in [0.15, 0.2) is 0 Å². The van der Waals surface area contributed by atoms with Crippen LogP contribution in [-0.4, -0.2) is 33.4 Å². The maximum absolute atomic E-state index is 5.98. The highest BCUT2D eigenvalue weighted by Crippen LogP contribution is 2.33. The third kappa shape index (κ3) is 5.63. The van der Waals surface area contributed by atoms with E-state index in [1.54, 1.807) is 19.2 Å². The highest BCUT2D eigenvalue weighted by atomic mass is 35.5. The van der Waals surface area contributed by atoms with Gasteiger partial charge in [0.05, 0.1) is 15.1 Å². The number of hydrogen-bond donors (Lipinski definition) is 1. The minimum Gasteiger partial charge on any atom is -0.491 e. The van der Waals surface area contributed by atoms with Crippen molar-refractivity contribution < 1.29 is 9.47 Å². The molecule has 1 aromatic carbocycles. The summed E-state index contributed by atoms with van der Waals surface area (Å²) in [6, 6.07) is 3.20. The van der Waals surface area contributed by atoms with Crippen molar-refractivity contribution in [2.75, 3.05) is 33.4 Å². The lowest BCUT2D eigenvalue weighted by atomic mass is 10.3. The number of halogens is 3. The standard InChI is InChI=1S/C12H16Cl3NO2/c1-17-5-2-3-16-4-6-18-12-8-10(14)9(13)7-11(12)15/h7-8,16H,2-6H2,1H3. The number of benzene rings is 1. The minimum absolute atomic E-state index is 0.423. The van der Waals surface area contributed by atoms with E-state index in [2.05, 4.69) is 5.32 Å². The van der Waals surface area contributed by atoms with Crippen molar-refractivity contribution in [1.82, 2.24) is 5.32 Å². The molecule has 1 aromatic rings. The molecule has 0 radical (unpaired) electrons. The topological polar surface area (TPSA) is 30.5 Å². The van der Waals surface area contributed by atoms with Gasteiger partial charge in [0, 0.05) is 26.3 Å². The molecule has 0 saturated carbocycles. The first kappa shape index (κ1) is 15.9. The van der Waals surface area contributed by atoms with Gasteiger partial charge in [-0.15, -0.1) is 0 Å². The third-order valence-electron chi connectivity index (χ3n) is 2.21. The smallest absolute Gasteiger partial charge is 0.139 e. The second-order valence-electron chi connectivity index (χ2n) is 3.64. The van der Waals surface area contributed by atoms with Crippen molar-refractivity contribution in [2.45, 2.75) is 6.42 Å². The zero-order valence-corrected chi connectivity index (χ0v) is 12.4. The van der Waals surface area contributed by atoms with Gasteiger partial charge in [0.25, 0.3) is 0 Å². The molecule has 1 N–H and O–H groups in total. The van der Waals surface area contributed by atoms with E-state index in [9.17, 15) is 0 Å². The molecular formula is C12H16Cl3NO2. The molecule has 6 heteroatoms. The lowest BCUT2D eigenvalue weighted by Gasteiger charge is -2.10. The van der Waals surface area contributed by atoms with Gasteiger partial charge in [-0.3, -0.25) is 0 Å². The van der Waals surface area contributed by atoms with Crippen molar-refractivity contribution in [3.8, 4) is 5.75 Å². The van der Waals surface area contributed by atoms with Gasteiger partial charge in [-0.2, -0.15) is 0 Å². The molecule has 0 aromatic heterocycles. The van der Waals surface area contributed by atoms with Crippen LogP contribution in [0.1, 0.15) is 6.42 Å². The summed E-state index contributed by atoms with van der Waals surface area (Å²) in [4.78, 5) is 0. The molecule has 0 fully saturated rings.